The van der Waals surface area contributed by atoms with Gasteiger partial charge in [0.25, 0.3) is 0 Å². The summed E-state index contributed by atoms with van der Waals surface area (Å²) >= 11 is 0. The van der Waals surface area contributed by atoms with Crippen LogP contribution in [0.4, 0.5) is 0 Å². The Morgan fingerprint density at radius 2 is 1.65 bits per heavy atom. The van der Waals surface area contributed by atoms with Crippen molar-refractivity contribution in [3.63, 3.8) is 0 Å². The van der Waals surface area contributed by atoms with Gasteiger partial charge in [-0.25, -0.2) is 16.8 Å². The zero-order valence-corrected chi connectivity index (χ0v) is 29.0. The molecule has 0 aromatic heterocycles. The predicted molar refractivity (Wildman–Crippen MR) is 159 cm³/mol. The molecule has 276 valence electrons. The van der Waals surface area contributed by atoms with Crippen molar-refractivity contribution in [1.29, 1.82) is 0 Å². The SMILES string of the molecule is CC(C)CC(=O)OC1C(OC2CC(C(=O)O)C3CCC45CC(CCC4C3(C)C2)C(C)C5O)OC(CO)C(OS(=O)(=O)[O-])[C@@H]1OS(=O)(=O)[O-]. The first-order valence-corrected chi connectivity index (χ1v) is 19.2. The van der Waals surface area contributed by atoms with E-state index < -0.39 is 93.6 Å². The number of carbonyl (C=O) groups excluding carboxylic acids is 1. The van der Waals surface area contributed by atoms with Crippen LogP contribution in [-0.4, -0.2) is 103 Å². The van der Waals surface area contributed by atoms with Gasteiger partial charge in [-0.1, -0.05) is 27.7 Å². The molecule has 16 nitrogen and oxygen atoms in total. The molecule has 0 aromatic rings. The van der Waals surface area contributed by atoms with E-state index in [0.717, 1.165) is 19.3 Å². The molecule has 0 aromatic carbocycles. The summed E-state index contributed by atoms with van der Waals surface area (Å²) in [6.07, 6.45) is -7.80. The van der Waals surface area contributed by atoms with Crippen LogP contribution in [-0.2, 0) is 53.0 Å². The van der Waals surface area contributed by atoms with Gasteiger partial charge in [-0.3, -0.25) is 18.0 Å². The lowest BCUT2D eigenvalue weighted by Gasteiger charge is -2.62. The Balaban J connectivity index is 1.51. The Kier molecular flexibility index (Phi) is 10.7. The Morgan fingerprint density at radius 1 is 1.00 bits per heavy atom. The maximum atomic E-state index is 12.9. The third kappa shape index (κ3) is 7.29. The minimum absolute atomic E-state index is 0.0204. The number of rotatable bonds is 11. The maximum absolute atomic E-state index is 12.9. The number of hydrogen-bond acceptors (Lipinski definition) is 15. The zero-order valence-electron chi connectivity index (χ0n) is 27.3. The molecule has 48 heavy (non-hydrogen) atoms. The van der Waals surface area contributed by atoms with Crippen LogP contribution < -0.4 is 0 Å². The summed E-state index contributed by atoms with van der Waals surface area (Å²) in [5, 5.41) is 32.0. The average molecular weight is 727 g/mol. The van der Waals surface area contributed by atoms with Gasteiger partial charge in [-0.15, -0.1) is 0 Å². The van der Waals surface area contributed by atoms with Gasteiger partial charge < -0.3 is 38.6 Å². The molecule has 5 rings (SSSR count). The van der Waals surface area contributed by atoms with Crippen LogP contribution in [0, 0.1) is 46.3 Å². The van der Waals surface area contributed by atoms with Gasteiger partial charge in [-0.2, -0.15) is 0 Å². The van der Waals surface area contributed by atoms with Gasteiger partial charge >= 0.3 is 11.9 Å². The first-order chi connectivity index (χ1) is 22.2. The summed E-state index contributed by atoms with van der Waals surface area (Å²) in [7, 11) is -11.3. The van der Waals surface area contributed by atoms with Gasteiger partial charge in [0.1, 0.15) is 18.3 Å². The van der Waals surface area contributed by atoms with E-state index in [2.05, 4.69) is 15.3 Å². The second-order valence-electron chi connectivity index (χ2n) is 15.1. The average Bonchev–Trinajstić information content (AvgIpc) is 3.12. The molecule has 1 aliphatic heterocycles. The lowest BCUT2D eigenvalue weighted by atomic mass is 9.43. The summed E-state index contributed by atoms with van der Waals surface area (Å²) in [4.78, 5) is 25.6. The van der Waals surface area contributed by atoms with Gasteiger partial charge in [0.2, 0.25) is 20.8 Å². The number of fused-ring (bicyclic) bond motifs is 3. The third-order valence-electron chi connectivity index (χ3n) is 11.9. The highest BCUT2D eigenvalue weighted by Crippen LogP contribution is 2.71. The van der Waals surface area contributed by atoms with Gasteiger partial charge in [0, 0.05) is 11.8 Å². The van der Waals surface area contributed by atoms with Crippen molar-refractivity contribution in [3.05, 3.63) is 0 Å². The smallest absolute Gasteiger partial charge is 0.306 e. The number of aliphatic hydroxyl groups is 2. The molecule has 1 heterocycles. The fourth-order valence-corrected chi connectivity index (χ4v) is 11.2. The monoisotopic (exact) mass is 726 g/mol. The normalized spacial score (nSPS) is 44.5. The Morgan fingerprint density at radius 3 is 2.23 bits per heavy atom. The lowest BCUT2D eigenvalue weighted by molar-refractivity contribution is -0.316. The number of aliphatic hydroxyl groups excluding tert-OH is 2. The second kappa shape index (κ2) is 13.6. The van der Waals surface area contributed by atoms with E-state index >= 15 is 0 Å². The summed E-state index contributed by atoms with van der Waals surface area (Å²) in [5.74, 6) is -2.93. The van der Waals surface area contributed by atoms with Crippen molar-refractivity contribution in [2.75, 3.05) is 6.61 Å². The number of carbonyl (C=O) groups is 2. The minimum Gasteiger partial charge on any atom is -0.726 e. The molecular weight excluding hydrogens is 680 g/mol. The second-order valence-corrected chi connectivity index (χ2v) is 17.2. The van der Waals surface area contributed by atoms with Crippen LogP contribution in [0.2, 0.25) is 0 Å². The number of hydrogen-bond donors (Lipinski definition) is 3. The molecule has 14 atom stereocenters. The summed E-state index contributed by atoms with van der Waals surface area (Å²) in [5.41, 5.74) is -1.02. The van der Waals surface area contributed by atoms with Crippen molar-refractivity contribution >= 4 is 32.7 Å². The predicted octanol–water partition coefficient (Wildman–Crippen LogP) is 1.06. The standard InChI is InChI=1S/C30H48O16S2/c1-14(2)9-22(32)44-25-24(46-48(39,40)41)23(45-47(36,37)38)20(13-31)43-28(25)42-17-10-18(27(34)35)19-7-8-30-11-16(15(3)26(30)33)5-6-21(30)29(19,4)12-17/h14-21,23-26,28,31,33H,5-13H2,1-4H3,(H,34,35)(H,36,37,38)(H,39,40,41)/p-2/t15?,16?,17?,18?,19?,20?,21?,23?,24-,25?,26?,28?,29?,30?/m0/s1. The fourth-order valence-electron chi connectivity index (χ4n) is 10.2. The molecule has 5 fully saturated rings. The quantitative estimate of drug-likeness (QED) is 0.116. The molecule has 13 unspecified atom stereocenters. The van der Waals surface area contributed by atoms with E-state index in [-0.39, 0.29) is 48.3 Å². The van der Waals surface area contributed by atoms with E-state index in [0.29, 0.717) is 18.8 Å². The van der Waals surface area contributed by atoms with E-state index in [1.807, 2.05) is 6.92 Å². The number of ether oxygens (including phenoxy) is 3. The maximum Gasteiger partial charge on any atom is 0.306 e. The Bertz CT molecular complexity index is 1440. The van der Waals surface area contributed by atoms with Crippen molar-refractivity contribution in [1.82, 2.24) is 0 Å². The summed E-state index contributed by atoms with van der Waals surface area (Å²) in [6.45, 7) is 6.36. The van der Waals surface area contributed by atoms with E-state index in [1.54, 1.807) is 13.8 Å². The van der Waals surface area contributed by atoms with Crippen LogP contribution in [0.3, 0.4) is 0 Å². The van der Waals surface area contributed by atoms with Crippen molar-refractivity contribution in [3.8, 4) is 0 Å². The highest BCUT2D eigenvalue weighted by Gasteiger charge is 2.67. The van der Waals surface area contributed by atoms with Crippen molar-refractivity contribution in [2.24, 2.45) is 46.3 Å². The van der Waals surface area contributed by atoms with Crippen molar-refractivity contribution in [2.45, 2.75) is 122 Å². The number of carboxylic acids is 1. The lowest BCUT2D eigenvalue weighted by Crippen LogP contribution is -2.64. The molecule has 4 aliphatic carbocycles. The molecule has 5 aliphatic rings. The largest absolute Gasteiger partial charge is 0.726 e. The highest BCUT2D eigenvalue weighted by molar-refractivity contribution is 7.81. The minimum atomic E-state index is -5.68. The molecule has 2 bridgehead atoms. The Labute approximate surface area is 280 Å². The summed E-state index contributed by atoms with van der Waals surface area (Å²) < 4.78 is 97.0. The van der Waals surface area contributed by atoms with Crippen LogP contribution in [0.5, 0.6) is 0 Å². The molecule has 1 spiro atoms. The molecule has 0 amide bonds. The van der Waals surface area contributed by atoms with E-state index in [4.69, 9.17) is 14.2 Å². The third-order valence-corrected chi connectivity index (χ3v) is 12.9. The first-order valence-electron chi connectivity index (χ1n) is 16.5. The number of aliphatic carboxylic acids is 1. The van der Waals surface area contributed by atoms with E-state index in [1.165, 1.54) is 0 Å². The topological polar surface area (TPSA) is 255 Å². The molecule has 18 heteroatoms. The van der Waals surface area contributed by atoms with Crippen molar-refractivity contribution < 1.29 is 73.4 Å². The van der Waals surface area contributed by atoms with Gasteiger partial charge in [-0.05, 0) is 80.0 Å². The molecule has 0 radical (unpaired) electrons. The zero-order chi connectivity index (χ0) is 35.6. The van der Waals surface area contributed by atoms with Crippen LogP contribution in [0.15, 0.2) is 0 Å². The molecular formula is C30H46O16S2-2. The summed E-state index contributed by atoms with van der Waals surface area (Å²) in [6, 6.07) is 0. The van der Waals surface area contributed by atoms with Gasteiger partial charge in [0.05, 0.1) is 24.7 Å². The number of esters is 1. The molecule has 3 N–H and O–H groups in total. The Hall–Kier alpha value is -1.48. The highest BCUT2D eigenvalue weighted by atomic mass is 32.3. The number of carboxylic acid groups (broad SMARTS) is 1. The fraction of sp³-hybridized carbons (Fsp3) is 0.933. The van der Waals surface area contributed by atoms with Gasteiger partial charge in [0.15, 0.2) is 12.4 Å². The molecule has 1 saturated heterocycles. The molecule has 4 saturated carbocycles. The van der Waals surface area contributed by atoms with Crippen LogP contribution in [0.1, 0.15) is 79.1 Å². The van der Waals surface area contributed by atoms with E-state index in [9.17, 15) is 50.8 Å². The van der Waals surface area contributed by atoms with Crippen LogP contribution >= 0.6 is 0 Å². The first kappa shape index (κ1) is 37.8. The van der Waals surface area contributed by atoms with Crippen LogP contribution in [0.25, 0.3) is 0 Å².